The van der Waals surface area contributed by atoms with E-state index in [1.807, 2.05) is 18.2 Å². The first-order chi connectivity index (χ1) is 14.3. The molecule has 168 valence electrons. The van der Waals surface area contributed by atoms with E-state index in [4.69, 9.17) is 0 Å². The fraction of sp³-hybridized carbons (Fsp3) is 0.769. The quantitative estimate of drug-likeness (QED) is 0.232. The maximum atomic E-state index is 10.4. The van der Waals surface area contributed by atoms with Crippen LogP contribution in [0.3, 0.4) is 0 Å². The van der Waals surface area contributed by atoms with E-state index in [2.05, 4.69) is 24.4 Å². The third-order valence-electron chi connectivity index (χ3n) is 5.93. The molecular formula is C26H47NO2. The third-order valence-corrected chi connectivity index (χ3v) is 5.93. The van der Waals surface area contributed by atoms with Crippen LogP contribution in [0.1, 0.15) is 102 Å². The van der Waals surface area contributed by atoms with Crippen molar-refractivity contribution in [3.63, 3.8) is 0 Å². The van der Waals surface area contributed by atoms with E-state index in [9.17, 15) is 10.2 Å². The Morgan fingerprint density at radius 2 is 1.28 bits per heavy atom. The van der Waals surface area contributed by atoms with Gasteiger partial charge in [-0.3, -0.25) is 0 Å². The zero-order valence-corrected chi connectivity index (χ0v) is 19.0. The minimum absolute atomic E-state index is 0.00555. The standard InChI is InChI=1S/C26H47NO2/c1-2-3-4-5-6-7-8-9-10-11-12-13-17-20-26(29)25(23-28)27-22-21-24-18-15-14-16-19-24/h14-16,18-19,25-29H,2-13,17,20-23H2,1H3/t25-,26+/m0/s1. The van der Waals surface area contributed by atoms with Crippen molar-refractivity contribution in [1.82, 2.24) is 5.32 Å². The van der Waals surface area contributed by atoms with Crippen molar-refractivity contribution in [3.8, 4) is 0 Å². The van der Waals surface area contributed by atoms with Gasteiger partial charge in [-0.25, -0.2) is 0 Å². The number of aliphatic hydroxyl groups is 2. The SMILES string of the molecule is CCCCCCCCCCCCCCC[C@@H](O)[C@H](CO)NCCc1ccccc1. The van der Waals surface area contributed by atoms with Crippen LogP contribution in [0.15, 0.2) is 30.3 Å². The first-order valence-corrected chi connectivity index (χ1v) is 12.3. The molecule has 1 rings (SSSR count). The van der Waals surface area contributed by atoms with Gasteiger partial charge in [0.15, 0.2) is 0 Å². The summed E-state index contributed by atoms with van der Waals surface area (Å²) in [5.74, 6) is 0. The van der Waals surface area contributed by atoms with E-state index in [1.165, 1.54) is 82.6 Å². The largest absolute Gasteiger partial charge is 0.395 e. The molecule has 0 fully saturated rings. The van der Waals surface area contributed by atoms with Gasteiger partial charge >= 0.3 is 0 Å². The Balaban J connectivity index is 1.93. The van der Waals surface area contributed by atoms with Crippen LogP contribution in [-0.2, 0) is 6.42 Å². The summed E-state index contributed by atoms with van der Waals surface area (Å²) in [6.45, 7) is 3.05. The van der Waals surface area contributed by atoms with Gasteiger partial charge in [-0.05, 0) is 24.9 Å². The van der Waals surface area contributed by atoms with Crippen molar-refractivity contribution in [3.05, 3.63) is 35.9 Å². The number of nitrogens with one attached hydrogen (secondary N) is 1. The second-order valence-corrected chi connectivity index (χ2v) is 8.58. The van der Waals surface area contributed by atoms with Gasteiger partial charge in [0.05, 0.1) is 18.8 Å². The van der Waals surface area contributed by atoms with Crippen LogP contribution >= 0.6 is 0 Å². The minimum atomic E-state index is -0.455. The van der Waals surface area contributed by atoms with E-state index in [0.717, 1.165) is 25.8 Å². The Bertz CT molecular complexity index is 451. The second kappa shape index (κ2) is 19.1. The van der Waals surface area contributed by atoms with Crippen LogP contribution in [0.2, 0.25) is 0 Å². The summed E-state index contributed by atoms with van der Waals surface area (Å²) in [6.07, 6.45) is 18.6. The Kier molecular flexibility index (Phi) is 17.2. The molecule has 0 bridgehead atoms. The number of unbranched alkanes of at least 4 members (excludes halogenated alkanes) is 12. The first-order valence-electron chi connectivity index (χ1n) is 12.3. The topological polar surface area (TPSA) is 52.5 Å². The highest BCUT2D eigenvalue weighted by Gasteiger charge is 2.17. The van der Waals surface area contributed by atoms with Crippen LogP contribution in [0.4, 0.5) is 0 Å². The zero-order chi connectivity index (χ0) is 21.0. The van der Waals surface area contributed by atoms with Crippen LogP contribution in [-0.4, -0.2) is 35.5 Å². The molecule has 0 heterocycles. The number of hydrogen-bond donors (Lipinski definition) is 3. The fourth-order valence-electron chi connectivity index (χ4n) is 3.94. The van der Waals surface area contributed by atoms with Gasteiger partial charge in [-0.15, -0.1) is 0 Å². The fourth-order valence-corrected chi connectivity index (χ4v) is 3.94. The maximum absolute atomic E-state index is 10.4. The third kappa shape index (κ3) is 14.7. The van der Waals surface area contributed by atoms with Gasteiger partial charge in [-0.1, -0.05) is 121 Å². The smallest absolute Gasteiger partial charge is 0.0715 e. The highest BCUT2D eigenvalue weighted by atomic mass is 16.3. The minimum Gasteiger partial charge on any atom is -0.395 e. The molecule has 1 aromatic carbocycles. The highest BCUT2D eigenvalue weighted by Crippen LogP contribution is 2.14. The van der Waals surface area contributed by atoms with Crippen LogP contribution in [0, 0.1) is 0 Å². The van der Waals surface area contributed by atoms with Gasteiger partial charge in [0.25, 0.3) is 0 Å². The lowest BCUT2D eigenvalue weighted by molar-refractivity contribution is 0.0815. The number of rotatable bonds is 20. The molecule has 3 nitrogen and oxygen atoms in total. The van der Waals surface area contributed by atoms with Crippen LogP contribution < -0.4 is 5.32 Å². The first kappa shape index (κ1) is 26.1. The highest BCUT2D eigenvalue weighted by molar-refractivity contribution is 5.14. The van der Waals surface area contributed by atoms with E-state index in [0.29, 0.717) is 0 Å². The molecule has 0 aliphatic heterocycles. The molecule has 29 heavy (non-hydrogen) atoms. The lowest BCUT2D eigenvalue weighted by atomic mass is 10.0. The molecule has 3 heteroatoms. The summed E-state index contributed by atoms with van der Waals surface area (Å²) in [5.41, 5.74) is 1.28. The van der Waals surface area contributed by atoms with Crippen molar-refractivity contribution in [2.75, 3.05) is 13.2 Å². The number of hydrogen-bond acceptors (Lipinski definition) is 3. The lowest BCUT2D eigenvalue weighted by Crippen LogP contribution is -2.43. The molecule has 0 unspecified atom stereocenters. The lowest BCUT2D eigenvalue weighted by Gasteiger charge is -2.22. The number of aliphatic hydroxyl groups excluding tert-OH is 2. The van der Waals surface area contributed by atoms with Crippen LogP contribution in [0.5, 0.6) is 0 Å². The Morgan fingerprint density at radius 3 is 1.79 bits per heavy atom. The monoisotopic (exact) mass is 405 g/mol. The summed E-state index contributed by atoms with van der Waals surface area (Å²) < 4.78 is 0. The Labute approximate surface area is 180 Å². The van der Waals surface area contributed by atoms with Crippen molar-refractivity contribution >= 4 is 0 Å². The predicted octanol–water partition coefficient (Wildman–Crippen LogP) is 6.02. The number of benzene rings is 1. The van der Waals surface area contributed by atoms with Gasteiger partial charge in [-0.2, -0.15) is 0 Å². The summed E-state index contributed by atoms with van der Waals surface area (Å²) in [7, 11) is 0. The molecule has 1 aromatic rings. The molecule has 3 N–H and O–H groups in total. The summed E-state index contributed by atoms with van der Waals surface area (Å²) in [5, 5.41) is 23.3. The molecule has 0 amide bonds. The molecule has 0 aromatic heterocycles. The Hall–Kier alpha value is -0.900. The van der Waals surface area contributed by atoms with Crippen molar-refractivity contribution in [2.45, 2.75) is 115 Å². The molecule has 0 aliphatic carbocycles. The van der Waals surface area contributed by atoms with Gasteiger partial charge in [0.2, 0.25) is 0 Å². The molecule has 0 radical (unpaired) electrons. The Morgan fingerprint density at radius 1 is 0.759 bits per heavy atom. The summed E-state index contributed by atoms with van der Waals surface area (Å²) in [4.78, 5) is 0. The summed E-state index contributed by atoms with van der Waals surface area (Å²) >= 11 is 0. The van der Waals surface area contributed by atoms with E-state index >= 15 is 0 Å². The maximum Gasteiger partial charge on any atom is 0.0715 e. The van der Waals surface area contributed by atoms with Gasteiger partial charge in [0, 0.05) is 0 Å². The molecule has 0 saturated carbocycles. The summed E-state index contributed by atoms with van der Waals surface area (Å²) in [6, 6.07) is 10.1. The second-order valence-electron chi connectivity index (χ2n) is 8.58. The molecule has 2 atom stereocenters. The van der Waals surface area contributed by atoms with Crippen LogP contribution in [0.25, 0.3) is 0 Å². The molecular weight excluding hydrogens is 358 g/mol. The van der Waals surface area contributed by atoms with Crippen molar-refractivity contribution in [2.24, 2.45) is 0 Å². The van der Waals surface area contributed by atoms with Crippen molar-refractivity contribution in [1.29, 1.82) is 0 Å². The average molecular weight is 406 g/mol. The van der Waals surface area contributed by atoms with E-state index in [-0.39, 0.29) is 12.6 Å². The van der Waals surface area contributed by atoms with Crippen molar-refractivity contribution < 1.29 is 10.2 Å². The predicted molar refractivity (Wildman–Crippen MR) is 125 cm³/mol. The van der Waals surface area contributed by atoms with E-state index < -0.39 is 6.10 Å². The van der Waals surface area contributed by atoms with Gasteiger partial charge in [0.1, 0.15) is 0 Å². The molecule has 0 spiro atoms. The van der Waals surface area contributed by atoms with Gasteiger partial charge < -0.3 is 15.5 Å². The average Bonchev–Trinajstić information content (AvgIpc) is 2.75. The molecule has 0 saturated heterocycles. The molecule has 0 aliphatic rings. The normalized spacial score (nSPS) is 13.5. The van der Waals surface area contributed by atoms with E-state index in [1.54, 1.807) is 0 Å². The zero-order valence-electron chi connectivity index (χ0n) is 19.0.